The van der Waals surface area contributed by atoms with Gasteiger partial charge in [0.1, 0.15) is 0 Å². The van der Waals surface area contributed by atoms with Crippen LogP contribution in [0.5, 0.6) is 0 Å². The van der Waals surface area contributed by atoms with E-state index in [1.807, 2.05) is 6.20 Å². The van der Waals surface area contributed by atoms with Gasteiger partial charge >= 0.3 is 0 Å². The lowest BCUT2D eigenvalue weighted by Crippen LogP contribution is -2.26. The lowest BCUT2D eigenvalue weighted by Gasteiger charge is -2.41. The number of nitrogens with zero attached hydrogens (tertiary/aromatic N) is 2. The molecule has 2 heteroatoms. The summed E-state index contributed by atoms with van der Waals surface area (Å²) in [7, 11) is 0. The molecule has 0 fully saturated rings. The first-order chi connectivity index (χ1) is 17.3. The van der Waals surface area contributed by atoms with Crippen molar-refractivity contribution in [1.29, 1.82) is 0 Å². The van der Waals surface area contributed by atoms with Crippen LogP contribution in [0.25, 0.3) is 22.3 Å². The van der Waals surface area contributed by atoms with Gasteiger partial charge in [0.15, 0.2) is 0 Å². The Bertz CT molecular complexity index is 1760. The van der Waals surface area contributed by atoms with E-state index in [-0.39, 0.29) is 0 Å². The molecule has 4 aliphatic rings. The summed E-state index contributed by atoms with van der Waals surface area (Å²) in [6.07, 6.45) is 5.88. The molecule has 0 atom stereocenters. The predicted octanol–water partition coefficient (Wildman–Crippen LogP) is 7.50. The minimum absolute atomic E-state index is 0.902. The summed E-state index contributed by atoms with van der Waals surface area (Å²) in [5.74, 6) is 0. The molecule has 0 amide bonds. The molecule has 0 saturated carbocycles. The van der Waals surface area contributed by atoms with Gasteiger partial charge in [-0.2, -0.15) is 0 Å². The zero-order chi connectivity index (χ0) is 22.7. The fourth-order valence-corrected chi connectivity index (χ4v) is 7.18. The van der Waals surface area contributed by atoms with Crippen molar-refractivity contribution in [2.45, 2.75) is 25.7 Å². The molecule has 0 bridgehead atoms. The van der Waals surface area contributed by atoms with Crippen molar-refractivity contribution < 1.29 is 0 Å². The van der Waals surface area contributed by atoms with E-state index >= 15 is 0 Å². The van der Waals surface area contributed by atoms with Gasteiger partial charge in [-0.1, -0.05) is 66.7 Å². The Balaban J connectivity index is 1.40. The molecule has 3 heterocycles. The maximum Gasteiger partial charge on any atom is 0.0688 e. The molecule has 4 aromatic carbocycles. The second kappa shape index (κ2) is 6.28. The van der Waals surface area contributed by atoms with Crippen LogP contribution < -0.4 is 4.90 Å². The Hall–Kier alpha value is -4.17. The van der Waals surface area contributed by atoms with Gasteiger partial charge < -0.3 is 4.90 Å². The molecule has 0 spiro atoms. The summed E-state index contributed by atoms with van der Waals surface area (Å²) in [6, 6.07) is 29.6. The van der Waals surface area contributed by atoms with E-state index in [2.05, 4.69) is 83.8 Å². The molecule has 0 saturated heterocycles. The van der Waals surface area contributed by atoms with Crippen LogP contribution in [0.4, 0.5) is 17.1 Å². The fraction of sp³-hybridized carbons (Fsp3) is 0.121. The van der Waals surface area contributed by atoms with E-state index in [9.17, 15) is 0 Å². The molecule has 0 N–H and O–H groups in total. The quantitative estimate of drug-likeness (QED) is 0.240. The predicted molar refractivity (Wildman–Crippen MR) is 141 cm³/mol. The minimum Gasteiger partial charge on any atom is -0.307 e. The van der Waals surface area contributed by atoms with Crippen LogP contribution in [0.15, 0.2) is 85.1 Å². The van der Waals surface area contributed by atoms with E-state index in [0.717, 1.165) is 25.7 Å². The zero-order valence-electron chi connectivity index (χ0n) is 19.3. The monoisotopic (exact) mass is 446 g/mol. The molecule has 2 aliphatic heterocycles. The topological polar surface area (TPSA) is 16.1 Å². The van der Waals surface area contributed by atoms with Crippen LogP contribution in [-0.2, 0) is 25.7 Å². The molecular weight excluding hydrogens is 424 g/mol. The van der Waals surface area contributed by atoms with Crippen LogP contribution in [0, 0.1) is 0 Å². The second-order valence-electron chi connectivity index (χ2n) is 10.3. The third-order valence-corrected chi connectivity index (χ3v) is 8.52. The van der Waals surface area contributed by atoms with Crippen LogP contribution >= 0.6 is 0 Å². The lowest BCUT2D eigenvalue weighted by molar-refractivity contribution is 0.968. The Morgan fingerprint density at radius 3 is 2.14 bits per heavy atom. The summed E-state index contributed by atoms with van der Waals surface area (Å²) in [4.78, 5) is 7.45. The first-order valence-electron chi connectivity index (χ1n) is 12.6. The molecule has 0 radical (unpaired) electrons. The van der Waals surface area contributed by atoms with Crippen molar-refractivity contribution in [2.24, 2.45) is 0 Å². The third kappa shape index (κ3) is 2.23. The molecule has 2 aliphatic carbocycles. The molecule has 164 valence electrons. The lowest BCUT2D eigenvalue weighted by atomic mass is 9.81. The highest BCUT2D eigenvalue weighted by Gasteiger charge is 2.39. The first kappa shape index (κ1) is 18.2. The van der Waals surface area contributed by atoms with Crippen molar-refractivity contribution in [3.8, 4) is 22.3 Å². The smallest absolute Gasteiger partial charge is 0.0688 e. The average Bonchev–Trinajstić information content (AvgIpc) is 3.46. The van der Waals surface area contributed by atoms with Gasteiger partial charge in [0.05, 0.1) is 22.8 Å². The molecule has 9 rings (SSSR count). The Morgan fingerprint density at radius 1 is 0.543 bits per heavy atom. The van der Waals surface area contributed by atoms with E-state index in [1.54, 1.807) is 0 Å². The van der Waals surface area contributed by atoms with Gasteiger partial charge in [-0.25, -0.2) is 0 Å². The number of pyridine rings is 1. The Morgan fingerprint density at radius 2 is 1.29 bits per heavy atom. The molecule has 0 unspecified atom stereocenters. The maximum atomic E-state index is 4.87. The summed E-state index contributed by atoms with van der Waals surface area (Å²) < 4.78 is 0. The number of fused-ring (bicyclic) bond motifs is 12. The molecule has 2 nitrogen and oxygen atoms in total. The van der Waals surface area contributed by atoms with Crippen LogP contribution in [-0.4, -0.2) is 4.98 Å². The van der Waals surface area contributed by atoms with Gasteiger partial charge in [0.25, 0.3) is 0 Å². The normalized spacial score (nSPS) is 14.9. The van der Waals surface area contributed by atoms with E-state index in [0.29, 0.717) is 0 Å². The van der Waals surface area contributed by atoms with Gasteiger partial charge in [0.2, 0.25) is 0 Å². The number of anilines is 3. The van der Waals surface area contributed by atoms with Gasteiger partial charge in [0, 0.05) is 24.6 Å². The number of aromatic nitrogens is 1. The number of hydrogen-bond acceptors (Lipinski definition) is 2. The molecule has 5 aromatic rings. The van der Waals surface area contributed by atoms with E-state index < -0.39 is 0 Å². The van der Waals surface area contributed by atoms with Gasteiger partial charge in [-0.15, -0.1) is 0 Å². The van der Waals surface area contributed by atoms with Crippen molar-refractivity contribution >= 4 is 17.1 Å². The molecule has 1 aromatic heterocycles. The summed E-state index contributed by atoms with van der Waals surface area (Å²) in [5, 5.41) is 0. The van der Waals surface area contributed by atoms with Gasteiger partial charge in [-0.3, -0.25) is 4.98 Å². The van der Waals surface area contributed by atoms with Crippen molar-refractivity contribution in [1.82, 2.24) is 4.98 Å². The standard InChI is InChI=1S/C33H22N2/c1-3-8-25-20(7-1)15-23-16-24-18-28-29(10-5-13-34-28)35-32(24)27(30(23)25)17-22-12-11-21-14-19-6-2-4-9-26(19)31(21)33(22)35/h1-13,16H,14-15,17-18H2. The average molecular weight is 447 g/mol. The highest BCUT2D eigenvalue weighted by Crippen LogP contribution is 2.58. The van der Waals surface area contributed by atoms with Crippen molar-refractivity contribution in [2.75, 3.05) is 4.90 Å². The SMILES string of the molecule is c1ccc2c(c1)Cc1cc3c4c(c1-2)Cc1ccc2c(c1N4c1cccnc1C3)-c1ccccc1C2. The zero-order valence-corrected chi connectivity index (χ0v) is 19.3. The summed E-state index contributed by atoms with van der Waals surface area (Å²) >= 11 is 0. The van der Waals surface area contributed by atoms with E-state index in [4.69, 9.17) is 4.98 Å². The summed E-state index contributed by atoms with van der Waals surface area (Å²) in [5.41, 5.74) is 21.1. The Kier molecular flexibility index (Phi) is 3.27. The fourth-order valence-electron chi connectivity index (χ4n) is 7.18. The van der Waals surface area contributed by atoms with Crippen molar-refractivity contribution in [3.63, 3.8) is 0 Å². The number of benzene rings is 4. The third-order valence-electron chi connectivity index (χ3n) is 8.52. The number of rotatable bonds is 0. The first-order valence-corrected chi connectivity index (χ1v) is 12.6. The summed E-state index contributed by atoms with van der Waals surface area (Å²) in [6.45, 7) is 0. The second-order valence-corrected chi connectivity index (χ2v) is 10.3. The van der Waals surface area contributed by atoms with Crippen LogP contribution in [0.1, 0.15) is 44.6 Å². The highest BCUT2D eigenvalue weighted by molar-refractivity contribution is 6.01. The highest BCUT2D eigenvalue weighted by atomic mass is 15.2. The largest absolute Gasteiger partial charge is 0.307 e. The number of hydrogen-bond donors (Lipinski definition) is 0. The minimum atomic E-state index is 0.902. The van der Waals surface area contributed by atoms with Crippen LogP contribution in [0.3, 0.4) is 0 Å². The van der Waals surface area contributed by atoms with Crippen molar-refractivity contribution in [3.05, 3.63) is 130 Å². The molecule has 35 heavy (non-hydrogen) atoms. The maximum absolute atomic E-state index is 4.87. The molecular formula is C33H22N2. The van der Waals surface area contributed by atoms with Gasteiger partial charge in [-0.05, 0) is 80.6 Å². The van der Waals surface area contributed by atoms with Crippen LogP contribution in [0.2, 0.25) is 0 Å². The Labute approximate surface area is 204 Å². The van der Waals surface area contributed by atoms with E-state index in [1.165, 1.54) is 84.0 Å².